The summed E-state index contributed by atoms with van der Waals surface area (Å²) in [6.07, 6.45) is 0.314. The second kappa shape index (κ2) is 7.00. The third-order valence-corrected chi connectivity index (χ3v) is 2.92. The van der Waals surface area contributed by atoms with E-state index in [4.69, 9.17) is 16.3 Å². The van der Waals surface area contributed by atoms with Crippen LogP contribution < -0.4 is 5.32 Å². The van der Waals surface area contributed by atoms with Crippen molar-refractivity contribution in [2.75, 3.05) is 5.32 Å². The van der Waals surface area contributed by atoms with Gasteiger partial charge in [0.05, 0.1) is 10.6 Å². The predicted molar refractivity (Wildman–Crippen MR) is 79.2 cm³/mol. The zero-order chi connectivity index (χ0) is 16.1. The quantitative estimate of drug-likeness (QED) is 0.878. The van der Waals surface area contributed by atoms with Crippen molar-refractivity contribution in [3.05, 3.63) is 59.0 Å². The highest BCUT2D eigenvalue weighted by atomic mass is 35.5. The predicted octanol–water partition coefficient (Wildman–Crippen LogP) is 3.06. The fourth-order valence-electron chi connectivity index (χ4n) is 1.58. The van der Waals surface area contributed by atoms with E-state index in [0.717, 1.165) is 6.07 Å². The minimum Gasteiger partial charge on any atom is -0.449 e. The molecule has 114 valence electrons. The van der Waals surface area contributed by atoms with Crippen LogP contribution in [0.2, 0.25) is 5.02 Å². The first-order valence-corrected chi connectivity index (χ1v) is 6.72. The Morgan fingerprint density at radius 2 is 2.09 bits per heavy atom. The van der Waals surface area contributed by atoms with E-state index in [2.05, 4.69) is 10.3 Å². The van der Waals surface area contributed by atoms with E-state index < -0.39 is 23.8 Å². The number of anilines is 1. The summed E-state index contributed by atoms with van der Waals surface area (Å²) in [6.45, 7) is 1.41. The van der Waals surface area contributed by atoms with Crippen LogP contribution in [0.4, 0.5) is 10.2 Å². The Morgan fingerprint density at radius 3 is 2.73 bits per heavy atom. The number of hydrogen-bond acceptors (Lipinski definition) is 4. The van der Waals surface area contributed by atoms with Crippen LogP contribution in [-0.2, 0) is 9.53 Å². The molecule has 0 aliphatic heterocycles. The molecule has 1 N–H and O–H groups in total. The zero-order valence-electron chi connectivity index (χ0n) is 11.5. The molecule has 1 aromatic carbocycles. The van der Waals surface area contributed by atoms with E-state index in [-0.39, 0.29) is 11.4 Å². The summed E-state index contributed by atoms with van der Waals surface area (Å²) in [5.74, 6) is -1.62. The molecular formula is C15H12ClFN2O3. The lowest BCUT2D eigenvalue weighted by Crippen LogP contribution is -2.30. The number of hydrogen-bond donors (Lipinski definition) is 1. The number of halogens is 2. The van der Waals surface area contributed by atoms with Crippen LogP contribution in [0.5, 0.6) is 0 Å². The fourth-order valence-corrected chi connectivity index (χ4v) is 1.69. The van der Waals surface area contributed by atoms with Crippen LogP contribution in [0.25, 0.3) is 0 Å². The number of benzene rings is 1. The van der Waals surface area contributed by atoms with Crippen molar-refractivity contribution in [3.8, 4) is 0 Å². The highest BCUT2D eigenvalue weighted by Gasteiger charge is 2.19. The van der Waals surface area contributed by atoms with Gasteiger partial charge in [-0.3, -0.25) is 4.79 Å². The molecule has 1 atom stereocenters. The number of ether oxygens (including phenoxy) is 1. The summed E-state index contributed by atoms with van der Waals surface area (Å²) in [5.41, 5.74) is 0.0317. The van der Waals surface area contributed by atoms with Gasteiger partial charge < -0.3 is 10.1 Å². The smallest absolute Gasteiger partial charge is 0.339 e. The van der Waals surface area contributed by atoms with Gasteiger partial charge in [0.1, 0.15) is 11.6 Å². The Balaban J connectivity index is 1.96. The molecule has 7 heteroatoms. The van der Waals surface area contributed by atoms with Crippen LogP contribution >= 0.6 is 11.6 Å². The summed E-state index contributed by atoms with van der Waals surface area (Å²) < 4.78 is 18.0. The van der Waals surface area contributed by atoms with E-state index in [1.807, 2.05) is 0 Å². The number of nitrogens with one attached hydrogen (secondary N) is 1. The third kappa shape index (κ3) is 4.26. The SMILES string of the molecule is CC(OC(=O)c1cccc(F)c1)C(=O)Nc1ccc(Cl)cn1. The van der Waals surface area contributed by atoms with Crippen molar-refractivity contribution < 1.29 is 18.7 Å². The summed E-state index contributed by atoms with van der Waals surface area (Å²) in [4.78, 5) is 27.6. The van der Waals surface area contributed by atoms with Gasteiger partial charge >= 0.3 is 5.97 Å². The molecule has 1 aromatic heterocycles. The van der Waals surface area contributed by atoms with Gasteiger partial charge in [-0.25, -0.2) is 14.2 Å². The first-order valence-electron chi connectivity index (χ1n) is 6.34. The summed E-state index contributed by atoms with van der Waals surface area (Å²) in [6, 6.07) is 8.10. The van der Waals surface area contributed by atoms with Crippen molar-refractivity contribution in [1.82, 2.24) is 4.98 Å². The van der Waals surface area contributed by atoms with Crippen molar-refractivity contribution in [1.29, 1.82) is 0 Å². The number of pyridine rings is 1. The highest BCUT2D eigenvalue weighted by Crippen LogP contribution is 2.11. The first kappa shape index (κ1) is 15.9. The Hall–Kier alpha value is -2.47. The van der Waals surface area contributed by atoms with Gasteiger partial charge in [-0.15, -0.1) is 0 Å². The maximum Gasteiger partial charge on any atom is 0.339 e. The number of amides is 1. The second-order valence-corrected chi connectivity index (χ2v) is 4.85. The molecule has 0 saturated carbocycles. The Bertz CT molecular complexity index is 691. The van der Waals surface area contributed by atoms with Crippen LogP contribution in [0, 0.1) is 5.82 Å². The minimum absolute atomic E-state index is 0.0317. The molecule has 0 spiro atoms. The molecule has 1 heterocycles. The minimum atomic E-state index is -1.06. The topological polar surface area (TPSA) is 68.3 Å². The molecule has 22 heavy (non-hydrogen) atoms. The van der Waals surface area contributed by atoms with E-state index in [9.17, 15) is 14.0 Å². The average Bonchev–Trinajstić information content (AvgIpc) is 2.49. The maximum absolute atomic E-state index is 13.0. The Morgan fingerprint density at radius 1 is 1.32 bits per heavy atom. The number of nitrogens with zero attached hydrogens (tertiary/aromatic N) is 1. The fraction of sp³-hybridized carbons (Fsp3) is 0.133. The van der Waals surface area contributed by atoms with E-state index >= 15 is 0 Å². The van der Waals surface area contributed by atoms with Crippen LogP contribution in [0.3, 0.4) is 0 Å². The average molecular weight is 323 g/mol. The molecule has 0 aliphatic rings. The van der Waals surface area contributed by atoms with Gasteiger partial charge in [0.2, 0.25) is 0 Å². The third-order valence-electron chi connectivity index (χ3n) is 2.69. The van der Waals surface area contributed by atoms with Gasteiger partial charge in [0.15, 0.2) is 6.10 Å². The van der Waals surface area contributed by atoms with E-state index in [1.165, 1.54) is 37.4 Å². The van der Waals surface area contributed by atoms with E-state index in [0.29, 0.717) is 5.02 Å². The van der Waals surface area contributed by atoms with Crippen LogP contribution in [0.15, 0.2) is 42.6 Å². The monoisotopic (exact) mass is 322 g/mol. The molecule has 2 rings (SSSR count). The molecule has 1 unspecified atom stereocenters. The number of carbonyl (C=O) groups is 2. The van der Waals surface area contributed by atoms with Crippen molar-refractivity contribution in [2.24, 2.45) is 0 Å². The lowest BCUT2D eigenvalue weighted by Gasteiger charge is -2.13. The Kier molecular flexibility index (Phi) is 5.06. The number of carbonyl (C=O) groups excluding carboxylic acids is 2. The summed E-state index contributed by atoms with van der Waals surface area (Å²) >= 11 is 5.69. The van der Waals surface area contributed by atoms with Crippen LogP contribution in [0.1, 0.15) is 17.3 Å². The lowest BCUT2D eigenvalue weighted by molar-refractivity contribution is -0.123. The van der Waals surface area contributed by atoms with Gasteiger partial charge in [-0.2, -0.15) is 0 Å². The van der Waals surface area contributed by atoms with Crippen LogP contribution in [-0.4, -0.2) is 23.0 Å². The molecule has 0 bridgehead atoms. The molecule has 5 nitrogen and oxygen atoms in total. The lowest BCUT2D eigenvalue weighted by atomic mass is 10.2. The van der Waals surface area contributed by atoms with Crippen molar-refractivity contribution >= 4 is 29.3 Å². The molecule has 0 radical (unpaired) electrons. The van der Waals surface area contributed by atoms with E-state index in [1.54, 1.807) is 6.07 Å². The molecule has 1 amide bonds. The molecule has 0 fully saturated rings. The Labute approximate surface area is 131 Å². The number of aromatic nitrogens is 1. The largest absolute Gasteiger partial charge is 0.449 e. The standard InChI is InChI=1S/C15H12ClFN2O3/c1-9(14(20)19-13-6-5-11(16)8-18-13)22-15(21)10-3-2-4-12(17)7-10/h2-9H,1H3,(H,18,19,20). The zero-order valence-corrected chi connectivity index (χ0v) is 12.3. The van der Waals surface area contributed by atoms with Gasteiger partial charge in [-0.05, 0) is 37.3 Å². The second-order valence-electron chi connectivity index (χ2n) is 4.41. The van der Waals surface area contributed by atoms with Gasteiger partial charge in [0.25, 0.3) is 5.91 Å². The molecular weight excluding hydrogens is 311 g/mol. The molecule has 2 aromatic rings. The van der Waals surface area contributed by atoms with Gasteiger partial charge in [0, 0.05) is 6.20 Å². The van der Waals surface area contributed by atoms with Crippen molar-refractivity contribution in [3.63, 3.8) is 0 Å². The normalized spacial score (nSPS) is 11.6. The summed E-state index contributed by atoms with van der Waals surface area (Å²) in [5, 5.41) is 2.91. The highest BCUT2D eigenvalue weighted by molar-refractivity contribution is 6.30. The maximum atomic E-state index is 13.0. The number of rotatable bonds is 4. The summed E-state index contributed by atoms with van der Waals surface area (Å²) in [7, 11) is 0. The van der Waals surface area contributed by atoms with Gasteiger partial charge in [-0.1, -0.05) is 17.7 Å². The molecule has 0 saturated heterocycles. The number of esters is 1. The first-order chi connectivity index (χ1) is 10.5. The molecule has 0 aliphatic carbocycles. The van der Waals surface area contributed by atoms with Crippen molar-refractivity contribution in [2.45, 2.75) is 13.0 Å².